The molecule has 0 radical (unpaired) electrons. The molecule has 6 atom stereocenters. The van der Waals surface area contributed by atoms with Crippen LogP contribution in [0.1, 0.15) is 113 Å². The first-order chi connectivity index (χ1) is 18.7. The predicted molar refractivity (Wildman–Crippen MR) is 181 cm³/mol. The summed E-state index contributed by atoms with van der Waals surface area (Å²) in [5.74, 6) is 2.00. The van der Waals surface area contributed by atoms with Crippen molar-refractivity contribution in [2.75, 3.05) is 0 Å². The zero-order valence-corrected chi connectivity index (χ0v) is 30.9. The van der Waals surface area contributed by atoms with Crippen molar-refractivity contribution in [3.05, 3.63) is 35.5 Å². The predicted octanol–water partition coefficient (Wildman–Crippen LogP) is 10.8. The molecule has 234 valence electrons. The molecule has 0 N–H and O–H groups in total. The van der Waals surface area contributed by atoms with Gasteiger partial charge in [0.15, 0.2) is 16.6 Å². The minimum Gasteiger partial charge on any atom is -0.413 e. The summed E-state index contributed by atoms with van der Waals surface area (Å²) in [6.45, 7) is 33.0. The Morgan fingerprint density at radius 3 is 2.20 bits per heavy atom. The lowest BCUT2D eigenvalue weighted by atomic mass is 9.61. The number of aldehydes is 1. The maximum Gasteiger partial charge on any atom is 0.192 e. The maximum absolute atomic E-state index is 11.1. The van der Waals surface area contributed by atoms with E-state index < -0.39 is 16.6 Å². The Morgan fingerprint density at radius 2 is 1.61 bits per heavy atom. The van der Waals surface area contributed by atoms with Crippen molar-refractivity contribution in [3.63, 3.8) is 0 Å². The molecule has 1 unspecified atom stereocenters. The number of hydrogen-bond acceptors (Lipinski definition) is 3. The minimum absolute atomic E-state index is 0.0233. The molecule has 3 saturated carbocycles. The number of allylic oxidation sites excluding steroid dienone is 3. The Bertz CT molecular complexity index is 1010. The molecule has 3 aliphatic rings. The van der Waals surface area contributed by atoms with Crippen LogP contribution in [0, 0.1) is 23.2 Å². The first kappa shape index (κ1) is 34.7. The van der Waals surface area contributed by atoms with Crippen LogP contribution in [0.4, 0.5) is 0 Å². The SMILES string of the molecule is C=C1/C(=C\C=C2/CCC[C@@]3(C)C2CC[C@@H]3[C@H](C)CCC=O)C[C@@H](O[Si](C)(C)C(C)(C)C)C[C@@H]1O[Si](C)(C)C(C)(C)C. The van der Waals surface area contributed by atoms with E-state index in [4.69, 9.17) is 8.85 Å². The van der Waals surface area contributed by atoms with Crippen molar-refractivity contribution in [2.45, 2.75) is 162 Å². The average molecular weight is 601 g/mol. The van der Waals surface area contributed by atoms with Gasteiger partial charge < -0.3 is 13.6 Å². The fourth-order valence-electron chi connectivity index (χ4n) is 7.51. The topological polar surface area (TPSA) is 35.5 Å². The standard InChI is InChI=1S/C36H64O3Si2/c1-26(16-15-23-37)31-20-21-32-28(17-14-22-36(31,32)9)18-19-29-24-30(38-40(10,11)34(3,4)5)25-33(27(29)2)39-41(12,13)35(6,7)8/h18-19,23,26,30-33H,2,14-17,20-22,24-25H2,1,3-13H3/b28-18+,29-19-/t26-,30-,31-,32?,33+,36-/m1/s1. The summed E-state index contributed by atoms with van der Waals surface area (Å²) in [7, 11) is -3.89. The number of rotatable bonds is 9. The van der Waals surface area contributed by atoms with E-state index in [9.17, 15) is 4.79 Å². The Labute approximate surface area is 256 Å². The number of carbonyl (C=O) groups is 1. The molecule has 3 fully saturated rings. The highest BCUT2D eigenvalue weighted by Gasteiger charge is 2.50. The third-order valence-electron chi connectivity index (χ3n) is 12.2. The van der Waals surface area contributed by atoms with Gasteiger partial charge in [-0.2, -0.15) is 0 Å². The van der Waals surface area contributed by atoms with E-state index in [1.165, 1.54) is 43.3 Å². The number of hydrogen-bond donors (Lipinski definition) is 0. The molecule has 0 aromatic rings. The Kier molecular flexibility index (Phi) is 10.8. The van der Waals surface area contributed by atoms with Gasteiger partial charge in [0.1, 0.15) is 6.29 Å². The molecular weight excluding hydrogens is 537 g/mol. The van der Waals surface area contributed by atoms with Gasteiger partial charge in [0.05, 0.1) is 12.2 Å². The van der Waals surface area contributed by atoms with Gasteiger partial charge in [-0.3, -0.25) is 0 Å². The number of fused-ring (bicyclic) bond motifs is 1. The average Bonchev–Trinajstić information content (AvgIpc) is 3.19. The zero-order valence-electron chi connectivity index (χ0n) is 28.9. The highest BCUT2D eigenvalue weighted by molar-refractivity contribution is 6.74. The van der Waals surface area contributed by atoms with Gasteiger partial charge in [-0.1, -0.05) is 79.7 Å². The third-order valence-corrected chi connectivity index (χ3v) is 21.2. The summed E-state index contributed by atoms with van der Waals surface area (Å²) in [5.41, 5.74) is 4.50. The Balaban J connectivity index is 1.91. The smallest absolute Gasteiger partial charge is 0.192 e. The molecule has 0 bridgehead atoms. The van der Waals surface area contributed by atoms with Crippen molar-refractivity contribution in [1.29, 1.82) is 0 Å². The molecule has 0 amide bonds. The van der Waals surface area contributed by atoms with E-state index in [0.29, 0.717) is 23.7 Å². The van der Waals surface area contributed by atoms with Crippen molar-refractivity contribution >= 4 is 22.9 Å². The molecule has 5 heteroatoms. The van der Waals surface area contributed by atoms with Crippen LogP contribution in [0.15, 0.2) is 35.5 Å². The monoisotopic (exact) mass is 600 g/mol. The Hall–Kier alpha value is -0.756. The van der Waals surface area contributed by atoms with E-state index in [1.54, 1.807) is 5.57 Å². The normalized spacial score (nSPS) is 32.8. The molecule has 41 heavy (non-hydrogen) atoms. The summed E-state index contributed by atoms with van der Waals surface area (Å²) >= 11 is 0. The lowest BCUT2D eigenvalue weighted by molar-refractivity contribution is -0.108. The Morgan fingerprint density at radius 1 is 1.00 bits per heavy atom. The molecular formula is C36H64O3Si2. The first-order valence-corrected chi connectivity index (χ1v) is 22.4. The molecule has 0 aliphatic heterocycles. The van der Waals surface area contributed by atoms with E-state index in [1.807, 2.05) is 0 Å². The van der Waals surface area contributed by atoms with Crippen molar-refractivity contribution in [2.24, 2.45) is 23.2 Å². The van der Waals surface area contributed by atoms with Gasteiger partial charge in [0.2, 0.25) is 0 Å². The van der Waals surface area contributed by atoms with E-state index in [-0.39, 0.29) is 22.3 Å². The molecule has 0 aromatic carbocycles. The van der Waals surface area contributed by atoms with Crippen LogP contribution in [0.25, 0.3) is 0 Å². The summed E-state index contributed by atoms with van der Waals surface area (Å²) < 4.78 is 14.1. The highest BCUT2D eigenvalue weighted by atomic mass is 28.4. The van der Waals surface area contributed by atoms with Crippen molar-refractivity contribution in [3.8, 4) is 0 Å². The van der Waals surface area contributed by atoms with Gasteiger partial charge in [0, 0.05) is 12.8 Å². The number of carbonyl (C=O) groups excluding carboxylic acids is 1. The lowest BCUT2D eigenvalue weighted by Gasteiger charge is -2.46. The summed E-state index contributed by atoms with van der Waals surface area (Å²) in [6.07, 6.45) is 16.2. The van der Waals surface area contributed by atoms with Crippen LogP contribution in [-0.2, 0) is 13.6 Å². The van der Waals surface area contributed by atoms with Gasteiger partial charge >= 0.3 is 0 Å². The van der Waals surface area contributed by atoms with Crippen LogP contribution in [0.2, 0.25) is 36.3 Å². The second kappa shape index (κ2) is 12.7. The van der Waals surface area contributed by atoms with Crippen LogP contribution >= 0.6 is 0 Å². The zero-order chi connectivity index (χ0) is 31.0. The molecule has 0 spiro atoms. The quantitative estimate of drug-likeness (QED) is 0.195. The second-order valence-electron chi connectivity index (χ2n) is 17.1. The van der Waals surface area contributed by atoms with Crippen molar-refractivity contribution in [1.82, 2.24) is 0 Å². The molecule has 3 aliphatic carbocycles. The highest BCUT2D eigenvalue weighted by Crippen LogP contribution is 2.60. The molecule has 0 aromatic heterocycles. The fraction of sp³-hybridized carbons (Fsp3) is 0.806. The maximum atomic E-state index is 11.1. The van der Waals surface area contributed by atoms with Gasteiger partial charge in [-0.15, -0.1) is 0 Å². The van der Waals surface area contributed by atoms with E-state index in [2.05, 4.69) is 100 Å². The third kappa shape index (κ3) is 7.67. The van der Waals surface area contributed by atoms with Crippen LogP contribution < -0.4 is 0 Å². The largest absolute Gasteiger partial charge is 0.413 e. The van der Waals surface area contributed by atoms with Crippen LogP contribution in [0.3, 0.4) is 0 Å². The van der Waals surface area contributed by atoms with E-state index in [0.717, 1.165) is 31.5 Å². The summed E-state index contributed by atoms with van der Waals surface area (Å²) in [6, 6.07) is 0. The second-order valence-corrected chi connectivity index (χ2v) is 26.6. The van der Waals surface area contributed by atoms with Crippen LogP contribution in [-0.4, -0.2) is 35.1 Å². The van der Waals surface area contributed by atoms with Crippen LogP contribution in [0.5, 0.6) is 0 Å². The molecule has 3 nitrogen and oxygen atoms in total. The van der Waals surface area contributed by atoms with E-state index >= 15 is 0 Å². The van der Waals surface area contributed by atoms with Gasteiger partial charge in [0.25, 0.3) is 0 Å². The molecule has 0 heterocycles. The first-order valence-electron chi connectivity index (χ1n) is 16.6. The lowest BCUT2D eigenvalue weighted by Crippen LogP contribution is -2.49. The molecule has 0 saturated heterocycles. The molecule has 3 rings (SSSR count). The van der Waals surface area contributed by atoms with Gasteiger partial charge in [-0.05, 0) is 116 Å². The van der Waals surface area contributed by atoms with Gasteiger partial charge in [-0.25, -0.2) is 0 Å². The van der Waals surface area contributed by atoms with Crippen molar-refractivity contribution < 1.29 is 13.6 Å². The summed E-state index contributed by atoms with van der Waals surface area (Å²) in [4.78, 5) is 11.1. The minimum atomic E-state index is -1.97. The fourth-order valence-corrected chi connectivity index (χ4v) is 10.2. The summed E-state index contributed by atoms with van der Waals surface area (Å²) in [5, 5.41) is 0.332.